The third-order valence-corrected chi connectivity index (χ3v) is 3.01. The van der Waals surface area contributed by atoms with Gasteiger partial charge in [0.15, 0.2) is 0 Å². The Kier molecular flexibility index (Phi) is 2.41. The van der Waals surface area contributed by atoms with E-state index < -0.39 is 11.1 Å². The fourth-order valence-corrected chi connectivity index (χ4v) is 2.00. The summed E-state index contributed by atoms with van der Waals surface area (Å²) >= 11 is 11.7. The summed E-state index contributed by atoms with van der Waals surface area (Å²) in [5.74, 6) is 0. The van der Waals surface area contributed by atoms with E-state index in [-0.39, 0.29) is 5.36 Å². The molecule has 0 saturated carbocycles. The van der Waals surface area contributed by atoms with Gasteiger partial charge >= 0.3 is 0 Å². The molecule has 0 amide bonds. The van der Waals surface area contributed by atoms with Crippen LogP contribution in [-0.4, -0.2) is 10.9 Å². The van der Waals surface area contributed by atoms with Gasteiger partial charge in [0.05, 0.1) is 0 Å². The van der Waals surface area contributed by atoms with Crippen LogP contribution in [0.1, 0.15) is 12.5 Å². The molecule has 2 atom stereocenters. The van der Waals surface area contributed by atoms with E-state index in [9.17, 15) is 0 Å². The number of ether oxygens (including phenoxy) is 1. The molecule has 2 unspecified atom stereocenters. The summed E-state index contributed by atoms with van der Waals surface area (Å²) in [7, 11) is 0. The van der Waals surface area contributed by atoms with Crippen molar-refractivity contribution in [3.63, 3.8) is 0 Å². The summed E-state index contributed by atoms with van der Waals surface area (Å²) in [5, 5.41) is 0.122. The van der Waals surface area contributed by atoms with Crippen LogP contribution in [0.2, 0.25) is 0 Å². The van der Waals surface area contributed by atoms with Gasteiger partial charge in [0.2, 0.25) is 5.56 Å². The van der Waals surface area contributed by atoms with Crippen molar-refractivity contribution in [2.45, 2.75) is 18.0 Å². The first kappa shape index (κ1) is 9.81. The monoisotopic (exact) mass is 229 g/mol. The summed E-state index contributed by atoms with van der Waals surface area (Å²) in [6.45, 7) is 1.90. The molecule has 0 aromatic heterocycles. The Labute approximate surface area is 92.5 Å². The second-order valence-electron chi connectivity index (χ2n) is 3.31. The minimum Gasteiger partial charge on any atom is -0.447 e. The van der Waals surface area contributed by atoms with Crippen LogP contribution >= 0.6 is 23.2 Å². The molecule has 1 aliphatic heterocycles. The van der Waals surface area contributed by atoms with Crippen LogP contribution in [0.4, 0.5) is 0 Å². The summed E-state index contributed by atoms with van der Waals surface area (Å²) in [6.07, 6.45) is 0. The zero-order valence-electron chi connectivity index (χ0n) is 7.58. The van der Waals surface area contributed by atoms with Crippen molar-refractivity contribution in [1.82, 2.24) is 0 Å². The second-order valence-corrected chi connectivity index (χ2v) is 4.03. The molecule has 2 rings (SSSR count). The highest BCUT2D eigenvalue weighted by molar-refractivity contribution is 6.63. The summed E-state index contributed by atoms with van der Waals surface area (Å²) in [4.78, 5) is 4.20. The highest BCUT2D eigenvalue weighted by Gasteiger charge is 2.42. The van der Waals surface area contributed by atoms with Gasteiger partial charge in [-0.1, -0.05) is 41.9 Å². The quantitative estimate of drug-likeness (QED) is 0.679. The SMILES string of the molecule is CC1(c2ccccc2)N=C(Cl)OC1Cl. The standard InChI is InChI=1S/C10H9Cl2NO/c1-10(7-5-3-2-4-6-7)8(11)14-9(12)13-10/h2-6,8H,1H3. The van der Waals surface area contributed by atoms with Gasteiger partial charge in [0, 0.05) is 0 Å². The zero-order chi connectivity index (χ0) is 10.2. The predicted octanol–water partition coefficient (Wildman–Crippen LogP) is 3.09. The fourth-order valence-electron chi connectivity index (χ4n) is 1.43. The molecule has 4 heteroatoms. The number of aliphatic imine (C=N–C) groups is 1. The Morgan fingerprint density at radius 2 is 2.00 bits per heavy atom. The lowest BCUT2D eigenvalue weighted by Gasteiger charge is -2.22. The van der Waals surface area contributed by atoms with E-state index in [0.717, 1.165) is 5.56 Å². The normalized spacial score (nSPS) is 31.1. The molecule has 1 heterocycles. The first-order valence-corrected chi connectivity index (χ1v) is 5.06. The summed E-state index contributed by atoms with van der Waals surface area (Å²) in [6, 6.07) is 9.73. The first-order valence-electron chi connectivity index (χ1n) is 4.24. The molecule has 0 aliphatic carbocycles. The van der Waals surface area contributed by atoms with Crippen LogP contribution in [0.5, 0.6) is 0 Å². The van der Waals surface area contributed by atoms with Crippen molar-refractivity contribution < 1.29 is 4.74 Å². The molecule has 0 fully saturated rings. The molecule has 2 nitrogen and oxygen atoms in total. The highest BCUT2D eigenvalue weighted by Crippen LogP contribution is 2.38. The zero-order valence-corrected chi connectivity index (χ0v) is 9.09. The van der Waals surface area contributed by atoms with Crippen LogP contribution in [0.15, 0.2) is 35.3 Å². The topological polar surface area (TPSA) is 21.6 Å². The first-order chi connectivity index (χ1) is 6.63. The van der Waals surface area contributed by atoms with Gasteiger partial charge in [-0.05, 0) is 24.1 Å². The van der Waals surface area contributed by atoms with Crippen LogP contribution in [0, 0.1) is 0 Å². The molecule has 0 bridgehead atoms. The van der Waals surface area contributed by atoms with Gasteiger partial charge in [-0.15, -0.1) is 0 Å². The molecule has 0 radical (unpaired) electrons. The van der Waals surface area contributed by atoms with E-state index in [2.05, 4.69) is 4.99 Å². The number of hydrogen-bond acceptors (Lipinski definition) is 2. The molecule has 0 spiro atoms. The van der Waals surface area contributed by atoms with Gasteiger partial charge < -0.3 is 4.74 Å². The molecular formula is C10H9Cl2NO. The van der Waals surface area contributed by atoms with E-state index >= 15 is 0 Å². The third-order valence-electron chi connectivity index (χ3n) is 2.32. The largest absolute Gasteiger partial charge is 0.447 e. The molecular weight excluding hydrogens is 221 g/mol. The summed E-state index contributed by atoms with van der Waals surface area (Å²) in [5.41, 5.74) is -0.132. The van der Waals surface area contributed by atoms with E-state index in [1.165, 1.54) is 0 Å². The fraction of sp³-hybridized carbons (Fsp3) is 0.300. The highest BCUT2D eigenvalue weighted by atomic mass is 35.5. The Morgan fingerprint density at radius 1 is 1.36 bits per heavy atom. The van der Waals surface area contributed by atoms with Gasteiger partial charge in [-0.2, -0.15) is 0 Å². The number of rotatable bonds is 1. The lowest BCUT2D eigenvalue weighted by molar-refractivity contribution is 0.229. The lowest BCUT2D eigenvalue weighted by Crippen LogP contribution is -2.27. The summed E-state index contributed by atoms with van der Waals surface area (Å²) < 4.78 is 5.11. The van der Waals surface area contributed by atoms with E-state index in [0.29, 0.717) is 0 Å². The van der Waals surface area contributed by atoms with Crippen LogP contribution in [0.25, 0.3) is 0 Å². The Bertz CT molecular complexity index is 366. The van der Waals surface area contributed by atoms with Gasteiger partial charge in [0.1, 0.15) is 5.54 Å². The van der Waals surface area contributed by atoms with Crippen molar-refractivity contribution in [2.24, 2.45) is 4.99 Å². The number of benzene rings is 1. The minimum absolute atomic E-state index is 0.122. The maximum atomic E-state index is 6.03. The van der Waals surface area contributed by atoms with Crippen molar-refractivity contribution in [3.05, 3.63) is 35.9 Å². The maximum Gasteiger partial charge on any atom is 0.284 e. The molecule has 14 heavy (non-hydrogen) atoms. The number of halogens is 2. The van der Waals surface area contributed by atoms with Crippen molar-refractivity contribution in [1.29, 1.82) is 0 Å². The number of nitrogens with zero attached hydrogens (tertiary/aromatic N) is 1. The second kappa shape index (κ2) is 3.44. The lowest BCUT2D eigenvalue weighted by atomic mass is 9.94. The Hall–Kier alpha value is -0.730. The van der Waals surface area contributed by atoms with E-state index in [1.54, 1.807) is 0 Å². The van der Waals surface area contributed by atoms with Gasteiger partial charge in [-0.25, -0.2) is 4.99 Å². The Balaban J connectivity index is 2.43. The molecule has 0 saturated heterocycles. The molecule has 1 aromatic rings. The average Bonchev–Trinajstić information content (AvgIpc) is 2.43. The maximum absolute atomic E-state index is 6.03. The molecule has 0 N–H and O–H groups in total. The predicted molar refractivity (Wildman–Crippen MR) is 57.8 cm³/mol. The average molecular weight is 230 g/mol. The van der Waals surface area contributed by atoms with Gasteiger partial charge in [-0.3, -0.25) is 0 Å². The minimum atomic E-state index is -0.583. The van der Waals surface area contributed by atoms with Crippen LogP contribution < -0.4 is 0 Å². The molecule has 74 valence electrons. The van der Waals surface area contributed by atoms with Gasteiger partial charge in [0.25, 0.3) is 5.36 Å². The molecule has 1 aliphatic rings. The smallest absolute Gasteiger partial charge is 0.284 e. The Morgan fingerprint density at radius 3 is 2.50 bits per heavy atom. The van der Waals surface area contributed by atoms with Crippen molar-refractivity contribution >= 4 is 28.6 Å². The number of alkyl halides is 1. The third kappa shape index (κ3) is 1.49. The van der Waals surface area contributed by atoms with Crippen molar-refractivity contribution in [2.75, 3.05) is 0 Å². The van der Waals surface area contributed by atoms with Crippen molar-refractivity contribution in [3.8, 4) is 0 Å². The van der Waals surface area contributed by atoms with E-state index in [4.69, 9.17) is 27.9 Å². The van der Waals surface area contributed by atoms with Crippen LogP contribution in [0.3, 0.4) is 0 Å². The van der Waals surface area contributed by atoms with E-state index in [1.807, 2.05) is 37.3 Å². The molecule has 1 aromatic carbocycles. The number of hydrogen-bond donors (Lipinski definition) is 0. The van der Waals surface area contributed by atoms with Crippen LogP contribution in [-0.2, 0) is 10.3 Å².